The minimum atomic E-state index is 0.506. The zero-order valence-electron chi connectivity index (χ0n) is 18.1. The summed E-state index contributed by atoms with van der Waals surface area (Å²) in [5, 5.41) is 19.7. The smallest absolute Gasteiger partial charge is 0.0669 e. The van der Waals surface area contributed by atoms with Gasteiger partial charge in [0.1, 0.15) is 0 Å². The van der Waals surface area contributed by atoms with Crippen LogP contribution in [-0.4, -0.2) is 0 Å². The van der Waals surface area contributed by atoms with Crippen LogP contribution >= 0.6 is 49.9 Å². The number of alkyl halides is 1. The van der Waals surface area contributed by atoms with Crippen molar-refractivity contribution in [3.63, 3.8) is 0 Å². The Labute approximate surface area is 214 Å². The summed E-state index contributed by atoms with van der Waals surface area (Å²) in [5.74, 6) is 0. The number of fused-ring (bicyclic) bond motifs is 3. The molecule has 0 amide bonds. The lowest BCUT2D eigenvalue weighted by Crippen LogP contribution is -1.78. The van der Waals surface area contributed by atoms with E-state index in [0.717, 1.165) is 10.9 Å². The highest BCUT2D eigenvalue weighted by Crippen LogP contribution is 2.23. The largest absolute Gasteiger partial charge is 0.198 e. The molecular weight excluding hydrogens is 526 g/mol. The van der Waals surface area contributed by atoms with Gasteiger partial charge in [-0.05, 0) is 98.9 Å². The van der Waals surface area contributed by atoms with Gasteiger partial charge in [-0.3, -0.25) is 0 Å². The maximum Gasteiger partial charge on any atom is 0.0669 e. The average Bonchev–Trinajstić information content (AvgIpc) is 3.59. The standard InChI is InChI=1S/C10H7NS.C9H7BrS.C9H8S/c11-5-3-8-1-2-10-9(7-8)4-6-12-10;10-6-7-1-2-9-8(5-7)3-4-11-9;1-7-2-3-9-8(6-7)4-5-10-9/h1-2,4,6-7H,3H2;1-5H,6H2;2-6H,1H3. The van der Waals surface area contributed by atoms with E-state index in [4.69, 9.17) is 5.26 Å². The van der Waals surface area contributed by atoms with Gasteiger partial charge in [0.25, 0.3) is 0 Å². The number of nitrogens with zero attached hydrogens (tertiary/aromatic N) is 1. The molecular formula is C28H22BrNS3. The molecule has 3 heterocycles. The van der Waals surface area contributed by atoms with Crippen molar-refractivity contribution in [1.82, 2.24) is 0 Å². The minimum Gasteiger partial charge on any atom is -0.198 e. The molecule has 6 rings (SSSR count). The molecule has 6 aromatic rings. The molecule has 0 saturated carbocycles. The molecule has 0 aliphatic heterocycles. The molecule has 3 aromatic heterocycles. The highest BCUT2D eigenvalue weighted by molar-refractivity contribution is 9.08. The molecule has 0 atom stereocenters. The Morgan fingerprint density at radius 2 is 1.15 bits per heavy atom. The highest BCUT2D eigenvalue weighted by atomic mass is 79.9. The Balaban J connectivity index is 0.000000118. The third-order valence-electron chi connectivity index (χ3n) is 5.08. The quantitative estimate of drug-likeness (QED) is 0.198. The minimum absolute atomic E-state index is 0.506. The van der Waals surface area contributed by atoms with Crippen molar-refractivity contribution >= 4 is 80.2 Å². The van der Waals surface area contributed by atoms with Crippen LogP contribution in [0.1, 0.15) is 16.7 Å². The van der Waals surface area contributed by atoms with Crippen molar-refractivity contribution < 1.29 is 0 Å². The second-order valence-electron chi connectivity index (χ2n) is 7.52. The molecule has 0 spiro atoms. The van der Waals surface area contributed by atoms with Crippen molar-refractivity contribution in [3.8, 4) is 6.07 Å². The summed E-state index contributed by atoms with van der Waals surface area (Å²) in [5.41, 5.74) is 3.78. The van der Waals surface area contributed by atoms with E-state index in [9.17, 15) is 0 Å². The second kappa shape index (κ2) is 11.6. The van der Waals surface area contributed by atoms with E-state index in [0.29, 0.717) is 6.42 Å². The normalized spacial score (nSPS) is 10.3. The summed E-state index contributed by atoms with van der Waals surface area (Å²) in [6.45, 7) is 2.12. The Morgan fingerprint density at radius 1 is 0.667 bits per heavy atom. The monoisotopic (exact) mass is 547 g/mol. The third-order valence-corrected chi connectivity index (χ3v) is 8.42. The van der Waals surface area contributed by atoms with E-state index in [2.05, 4.69) is 112 Å². The summed E-state index contributed by atoms with van der Waals surface area (Å²) in [4.78, 5) is 0. The van der Waals surface area contributed by atoms with E-state index in [1.807, 2.05) is 6.07 Å². The summed E-state index contributed by atoms with van der Waals surface area (Å²) in [6, 6.07) is 27.8. The van der Waals surface area contributed by atoms with Gasteiger partial charge in [-0.1, -0.05) is 45.8 Å². The molecule has 0 bridgehead atoms. The molecule has 0 aliphatic rings. The molecule has 5 heteroatoms. The van der Waals surface area contributed by atoms with Crippen molar-refractivity contribution in [1.29, 1.82) is 5.26 Å². The lowest BCUT2D eigenvalue weighted by Gasteiger charge is -1.93. The fraction of sp³-hybridized carbons (Fsp3) is 0.107. The first kappa shape index (κ1) is 23.7. The predicted octanol–water partition coefficient (Wildman–Crippen LogP) is 9.97. The summed E-state index contributed by atoms with van der Waals surface area (Å²) >= 11 is 8.75. The average molecular weight is 549 g/mol. The van der Waals surface area contributed by atoms with Crippen molar-refractivity contribution in [2.24, 2.45) is 0 Å². The maximum atomic E-state index is 8.49. The fourth-order valence-electron chi connectivity index (χ4n) is 3.40. The van der Waals surface area contributed by atoms with Crippen LogP contribution in [0, 0.1) is 18.3 Å². The van der Waals surface area contributed by atoms with Gasteiger partial charge < -0.3 is 0 Å². The zero-order valence-corrected chi connectivity index (χ0v) is 22.2. The van der Waals surface area contributed by atoms with E-state index in [1.54, 1.807) is 34.0 Å². The second-order valence-corrected chi connectivity index (χ2v) is 10.9. The van der Waals surface area contributed by atoms with Gasteiger partial charge in [-0.2, -0.15) is 5.26 Å². The van der Waals surface area contributed by atoms with Crippen molar-refractivity contribution in [2.45, 2.75) is 18.7 Å². The SMILES string of the molecule is BrCc1ccc2sccc2c1.Cc1ccc2sccc2c1.N#CCc1ccc2sccc2c1. The van der Waals surface area contributed by atoms with Crippen molar-refractivity contribution in [3.05, 3.63) is 106 Å². The van der Waals surface area contributed by atoms with Crippen LogP contribution in [0.25, 0.3) is 30.3 Å². The third kappa shape index (κ3) is 6.31. The first-order valence-electron chi connectivity index (χ1n) is 10.5. The number of thiophene rings is 3. The highest BCUT2D eigenvalue weighted by Gasteiger charge is 1.96. The number of nitriles is 1. The Kier molecular flexibility index (Phi) is 8.30. The van der Waals surface area contributed by atoms with Gasteiger partial charge in [-0.25, -0.2) is 0 Å². The van der Waals surface area contributed by atoms with E-state index in [1.165, 1.54) is 41.4 Å². The molecule has 1 nitrogen and oxygen atoms in total. The van der Waals surface area contributed by atoms with Gasteiger partial charge in [0.05, 0.1) is 12.5 Å². The van der Waals surface area contributed by atoms with Crippen LogP contribution in [0.4, 0.5) is 0 Å². The predicted molar refractivity (Wildman–Crippen MR) is 152 cm³/mol. The number of halogens is 1. The molecule has 164 valence electrons. The lowest BCUT2D eigenvalue weighted by atomic mass is 10.1. The Hall–Kier alpha value is -2.49. The number of rotatable bonds is 2. The van der Waals surface area contributed by atoms with Gasteiger partial charge in [0.2, 0.25) is 0 Å². The summed E-state index contributed by atoms with van der Waals surface area (Å²) < 4.78 is 4.04. The molecule has 0 N–H and O–H groups in total. The molecule has 0 radical (unpaired) electrons. The van der Waals surface area contributed by atoms with Crippen LogP contribution in [0.3, 0.4) is 0 Å². The van der Waals surface area contributed by atoms with Gasteiger partial charge >= 0.3 is 0 Å². The lowest BCUT2D eigenvalue weighted by molar-refractivity contribution is 1.27. The topological polar surface area (TPSA) is 23.8 Å². The maximum absolute atomic E-state index is 8.49. The van der Waals surface area contributed by atoms with Gasteiger partial charge in [0.15, 0.2) is 0 Å². The van der Waals surface area contributed by atoms with Gasteiger partial charge in [-0.15, -0.1) is 34.0 Å². The number of benzene rings is 3. The number of hydrogen-bond donors (Lipinski definition) is 0. The first-order chi connectivity index (χ1) is 16.2. The van der Waals surface area contributed by atoms with Gasteiger partial charge in [0, 0.05) is 19.4 Å². The molecule has 0 aliphatic carbocycles. The van der Waals surface area contributed by atoms with E-state index >= 15 is 0 Å². The van der Waals surface area contributed by atoms with Crippen LogP contribution in [0.15, 0.2) is 88.9 Å². The summed E-state index contributed by atoms with van der Waals surface area (Å²) in [6.07, 6.45) is 0.506. The van der Waals surface area contributed by atoms with Crippen LogP contribution < -0.4 is 0 Å². The van der Waals surface area contributed by atoms with Crippen molar-refractivity contribution in [2.75, 3.05) is 0 Å². The molecule has 0 unspecified atom stereocenters. The Morgan fingerprint density at radius 3 is 1.70 bits per heavy atom. The van der Waals surface area contributed by atoms with E-state index in [-0.39, 0.29) is 0 Å². The zero-order chi connectivity index (χ0) is 23.0. The first-order valence-corrected chi connectivity index (χ1v) is 14.2. The van der Waals surface area contributed by atoms with E-state index < -0.39 is 0 Å². The van der Waals surface area contributed by atoms with Crippen LogP contribution in [0.5, 0.6) is 0 Å². The van der Waals surface area contributed by atoms with Crippen LogP contribution in [-0.2, 0) is 11.8 Å². The molecule has 33 heavy (non-hydrogen) atoms. The fourth-order valence-corrected chi connectivity index (χ4v) is 6.06. The number of aryl methyl sites for hydroxylation is 1. The Bertz CT molecular complexity index is 1520. The summed E-state index contributed by atoms with van der Waals surface area (Å²) in [7, 11) is 0. The molecule has 0 saturated heterocycles. The van der Waals surface area contributed by atoms with Crippen LogP contribution in [0.2, 0.25) is 0 Å². The molecule has 3 aromatic carbocycles. The molecule has 0 fully saturated rings. The number of hydrogen-bond acceptors (Lipinski definition) is 4.